The smallest absolute Gasteiger partial charge is 0.285 e. The fourth-order valence-electron chi connectivity index (χ4n) is 8.33. The van der Waals surface area contributed by atoms with E-state index in [1.165, 1.54) is 16.7 Å². The second-order valence-electron chi connectivity index (χ2n) is 14.6. The fourth-order valence-corrected chi connectivity index (χ4v) is 10.2. The lowest BCUT2D eigenvalue weighted by molar-refractivity contribution is -0.118. The van der Waals surface area contributed by atoms with Crippen molar-refractivity contribution >= 4 is 27.1 Å². The lowest BCUT2D eigenvalue weighted by Gasteiger charge is -2.46. The van der Waals surface area contributed by atoms with Crippen molar-refractivity contribution in [2.45, 2.75) is 63.4 Å². The largest absolute Gasteiger partial charge is 0.490 e. The van der Waals surface area contributed by atoms with E-state index in [1.54, 1.807) is 25.3 Å². The number of carbonyl (C=O) groups is 2. The molecule has 2 aliphatic carbocycles. The molecular weight excluding hydrogens is 649 g/mol. The van der Waals surface area contributed by atoms with Crippen LogP contribution in [0.5, 0.6) is 11.5 Å². The Bertz CT molecular complexity index is 1880. The topological polar surface area (TPSA) is 94.5 Å². The van der Waals surface area contributed by atoms with E-state index in [0.717, 1.165) is 56.6 Å². The Morgan fingerprint density at radius 1 is 1.08 bits per heavy atom. The maximum Gasteiger partial charge on any atom is 0.285 e. The molecule has 9 heteroatoms. The summed E-state index contributed by atoms with van der Waals surface area (Å²) in [6, 6.07) is 21.3. The molecule has 264 valence electrons. The van der Waals surface area contributed by atoms with Crippen LogP contribution in [0, 0.1) is 18.8 Å². The van der Waals surface area contributed by atoms with Gasteiger partial charge in [-0.2, -0.15) is 4.36 Å². The number of fused-ring (bicyclic) bond motifs is 4. The van der Waals surface area contributed by atoms with Gasteiger partial charge in [-0.1, -0.05) is 54.1 Å². The van der Waals surface area contributed by atoms with Crippen molar-refractivity contribution < 1.29 is 28.0 Å². The van der Waals surface area contributed by atoms with Crippen LogP contribution in [0.1, 0.15) is 65.6 Å². The quantitative estimate of drug-likeness (QED) is 0.254. The Hall–Kier alpha value is -3.95. The highest BCUT2D eigenvalue weighted by Crippen LogP contribution is 2.47. The molecule has 7 rings (SSSR count). The minimum absolute atomic E-state index is 0.0182. The highest BCUT2D eigenvalue weighted by atomic mass is 32.2. The first-order chi connectivity index (χ1) is 24.2. The Kier molecular flexibility index (Phi) is 10.2. The average Bonchev–Trinajstić information content (AvgIpc) is 3.25. The number of Topliss-reactive ketones (excluding diaryl/α,β-unsaturated/α-hetero) is 1. The Labute approximate surface area is 296 Å². The molecule has 50 heavy (non-hydrogen) atoms. The molecule has 2 bridgehead atoms. The molecule has 0 aromatic heterocycles. The number of carbonyl (C=O) groups excluding carboxylic acids is 2. The van der Waals surface area contributed by atoms with Gasteiger partial charge in [0, 0.05) is 36.9 Å². The summed E-state index contributed by atoms with van der Waals surface area (Å²) in [5, 5.41) is 0. The van der Waals surface area contributed by atoms with Crippen molar-refractivity contribution in [3.8, 4) is 11.5 Å². The van der Waals surface area contributed by atoms with Crippen molar-refractivity contribution in [3.63, 3.8) is 0 Å². The molecule has 4 aliphatic rings. The minimum Gasteiger partial charge on any atom is -0.490 e. The number of methoxy groups -OCH3 is 1. The summed E-state index contributed by atoms with van der Waals surface area (Å²) in [4.78, 5) is 29.4. The summed E-state index contributed by atoms with van der Waals surface area (Å²) >= 11 is 0. The molecule has 3 aromatic carbocycles. The van der Waals surface area contributed by atoms with E-state index in [1.807, 2.05) is 30.3 Å². The van der Waals surface area contributed by atoms with E-state index in [2.05, 4.69) is 46.5 Å². The third kappa shape index (κ3) is 7.40. The molecular formula is C41H48N2O6S. The van der Waals surface area contributed by atoms with Crippen molar-refractivity contribution in [3.05, 3.63) is 101 Å². The number of hydrogen-bond acceptors (Lipinski definition) is 7. The number of amides is 1. The van der Waals surface area contributed by atoms with Gasteiger partial charge in [-0.3, -0.25) is 9.59 Å². The maximum atomic E-state index is 14.3. The van der Waals surface area contributed by atoms with Gasteiger partial charge in [-0.15, -0.1) is 0 Å². The number of nitrogens with zero attached hydrogens (tertiary/aromatic N) is 2. The predicted octanol–water partition coefficient (Wildman–Crippen LogP) is 7.12. The lowest BCUT2D eigenvalue weighted by atomic mass is 9.68. The van der Waals surface area contributed by atoms with E-state index in [-0.39, 0.29) is 35.4 Å². The summed E-state index contributed by atoms with van der Waals surface area (Å²) in [5.74, 6) is 0.952. The molecule has 3 aromatic rings. The molecule has 0 unspecified atom stereocenters. The zero-order chi connectivity index (χ0) is 34.7. The van der Waals surface area contributed by atoms with Crippen LogP contribution in [0.25, 0.3) is 0 Å². The van der Waals surface area contributed by atoms with Crippen molar-refractivity contribution in [2.75, 3.05) is 49.8 Å². The van der Waals surface area contributed by atoms with Crippen LogP contribution in [-0.2, 0) is 31.1 Å². The van der Waals surface area contributed by atoms with Crippen LogP contribution >= 0.6 is 0 Å². The summed E-state index contributed by atoms with van der Waals surface area (Å²) in [5.41, 5.74) is 5.06. The number of benzene rings is 3. The average molecular weight is 697 g/mol. The molecule has 1 saturated carbocycles. The first-order valence-corrected chi connectivity index (χ1v) is 19.9. The zero-order valence-electron chi connectivity index (χ0n) is 29.2. The fraction of sp³-hybridized carbons (Fsp3) is 0.463. The molecule has 1 spiro atoms. The van der Waals surface area contributed by atoms with Crippen LogP contribution in [-0.4, -0.2) is 66.9 Å². The van der Waals surface area contributed by atoms with Gasteiger partial charge >= 0.3 is 0 Å². The molecule has 0 saturated heterocycles. The lowest BCUT2D eigenvalue weighted by Crippen LogP contribution is -2.49. The van der Waals surface area contributed by atoms with Gasteiger partial charge in [0.2, 0.25) is 0 Å². The van der Waals surface area contributed by atoms with Crippen LogP contribution in [0.4, 0.5) is 5.69 Å². The summed E-state index contributed by atoms with van der Waals surface area (Å²) in [7, 11) is -1.43. The number of rotatable bonds is 6. The first-order valence-electron chi connectivity index (χ1n) is 18.0. The Balaban J connectivity index is 1.24. The van der Waals surface area contributed by atoms with Crippen molar-refractivity contribution in [1.29, 1.82) is 0 Å². The molecule has 0 N–H and O–H groups in total. The summed E-state index contributed by atoms with van der Waals surface area (Å²) < 4.78 is 37.0. The third-order valence-electron chi connectivity index (χ3n) is 11.0. The number of ether oxygens (including phenoxy) is 3. The van der Waals surface area contributed by atoms with Gasteiger partial charge in [0.25, 0.3) is 5.91 Å². The second kappa shape index (κ2) is 14.7. The first kappa shape index (κ1) is 34.5. The number of para-hydroxylation sites is 1. The van der Waals surface area contributed by atoms with E-state index in [9.17, 15) is 13.8 Å². The Morgan fingerprint density at radius 3 is 2.74 bits per heavy atom. The normalized spacial score (nSPS) is 28.6. The number of allylic oxidation sites excluding steroid dienone is 1. The molecule has 2 aliphatic heterocycles. The van der Waals surface area contributed by atoms with Crippen molar-refractivity contribution in [2.24, 2.45) is 16.2 Å². The third-order valence-corrected chi connectivity index (χ3v) is 13.2. The summed E-state index contributed by atoms with van der Waals surface area (Å²) in [6.07, 6.45) is 10.8. The van der Waals surface area contributed by atoms with Gasteiger partial charge in [0.05, 0.1) is 33.9 Å². The van der Waals surface area contributed by atoms with Crippen LogP contribution in [0.3, 0.4) is 0 Å². The van der Waals surface area contributed by atoms with Crippen LogP contribution in [0.2, 0.25) is 0 Å². The molecule has 1 fully saturated rings. The number of ketones is 1. The van der Waals surface area contributed by atoms with E-state index < -0.39 is 15.6 Å². The summed E-state index contributed by atoms with van der Waals surface area (Å²) in [6.45, 7) is 4.06. The van der Waals surface area contributed by atoms with E-state index >= 15 is 0 Å². The van der Waals surface area contributed by atoms with Crippen LogP contribution in [0.15, 0.2) is 83.2 Å². The van der Waals surface area contributed by atoms with Crippen LogP contribution < -0.4 is 14.4 Å². The minimum atomic E-state index is -3.21. The van der Waals surface area contributed by atoms with E-state index in [0.29, 0.717) is 42.6 Å². The second-order valence-corrected chi connectivity index (χ2v) is 17.0. The van der Waals surface area contributed by atoms with Gasteiger partial charge < -0.3 is 19.1 Å². The maximum absolute atomic E-state index is 14.3. The highest BCUT2D eigenvalue weighted by Gasteiger charge is 2.44. The zero-order valence-corrected chi connectivity index (χ0v) is 30.0. The Morgan fingerprint density at radius 2 is 1.94 bits per heavy atom. The monoisotopic (exact) mass is 696 g/mol. The van der Waals surface area contributed by atoms with E-state index in [4.69, 9.17) is 14.2 Å². The molecule has 8 nitrogen and oxygen atoms in total. The standard InChI is InChI=1S/C41H48N2O6S/c1-29-14-18-36-30(22-29)10-9-20-41(36)27-43-24-32-15-17-35(32)38(47-2)13-7-4-8-21-50(46,26-33(44)25-48-34-11-5-3-6-12-34)42-40(45)31-16-19-39(49-28-41)37(43)23-31/h3,5-7,11-14,16,18-19,22-23,32,35,38H,4,8-10,15,17,20-21,24-28H2,1-2H3/b13-7+/t32-,35+,38-,41-,50+/m0/s1. The number of anilines is 1. The van der Waals surface area contributed by atoms with Gasteiger partial charge in [0.1, 0.15) is 18.1 Å². The number of aryl methyl sites for hydroxylation is 2. The van der Waals surface area contributed by atoms with Gasteiger partial charge in [-0.25, -0.2) is 4.21 Å². The molecule has 0 radical (unpaired) electrons. The molecule has 2 heterocycles. The SMILES string of the molecule is CO[C@H]1/C=C/CCC[S@@](=O)(CC(=O)COc2ccccc2)=NC(=O)c2ccc3c(c2)N(C[C@@H]2CC[C@H]21)C[C@@]1(CCCc2cc(C)ccc21)CO3. The van der Waals surface area contributed by atoms with Gasteiger partial charge in [-0.05, 0) is 105 Å². The number of hydrogen-bond donors (Lipinski definition) is 0. The predicted molar refractivity (Wildman–Crippen MR) is 197 cm³/mol. The molecule has 1 amide bonds. The van der Waals surface area contributed by atoms with Crippen molar-refractivity contribution in [1.82, 2.24) is 0 Å². The van der Waals surface area contributed by atoms with Gasteiger partial charge in [0.15, 0.2) is 5.78 Å². The molecule has 5 atom stereocenters. The highest BCUT2D eigenvalue weighted by molar-refractivity contribution is 7.94.